The number of imidazole rings is 1. The van der Waals surface area contributed by atoms with Crippen LogP contribution in [0.4, 0.5) is 0 Å². The van der Waals surface area contributed by atoms with E-state index in [4.69, 9.17) is 0 Å². The van der Waals surface area contributed by atoms with Gasteiger partial charge < -0.3 is 0 Å². The summed E-state index contributed by atoms with van der Waals surface area (Å²) in [6.45, 7) is 3.85. The van der Waals surface area contributed by atoms with Gasteiger partial charge in [-0.25, -0.2) is 9.13 Å². The van der Waals surface area contributed by atoms with Crippen LogP contribution in [-0.2, 0) is 44.6 Å². The number of hydrogen-bond donors (Lipinski definition) is 0. The van der Waals surface area contributed by atoms with Crippen molar-refractivity contribution in [3.8, 4) is 11.3 Å². The Bertz CT molecular complexity index is 549. The van der Waals surface area contributed by atoms with Gasteiger partial charge in [0.15, 0.2) is 17.5 Å². The number of carbonyl (C=O) groups is 1. The molecule has 2 aromatic rings. The Morgan fingerprint density at radius 2 is 1.95 bits per heavy atom. The maximum atomic E-state index is 11.7. The summed E-state index contributed by atoms with van der Waals surface area (Å²) in [6.07, 6.45) is 4.58. The van der Waals surface area contributed by atoms with E-state index in [1.165, 1.54) is 0 Å². The maximum Gasteiger partial charge on any atom is 0.244 e. The molecule has 19 heavy (non-hydrogen) atoms. The fraction of sp³-hybridized carbons (Fsp3) is 0.333. The Labute approximate surface area is 139 Å². The standard InChI is InChI=1S/C15H19N2O.Y/c1-4-15(18)12(2)17-10-14(16(3)11-17)13-8-6-5-7-9-13;/h5-12H,4H2,1-3H3;/q+1;. The molecule has 2 rings (SSSR count). The van der Waals surface area contributed by atoms with Gasteiger partial charge in [-0.15, -0.1) is 0 Å². The van der Waals surface area contributed by atoms with E-state index in [2.05, 4.69) is 16.7 Å². The summed E-state index contributed by atoms with van der Waals surface area (Å²) in [4.78, 5) is 11.7. The molecule has 0 saturated carbocycles. The van der Waals surface area contributed by atoms with Crippen LogP contribution in [0.5, 0.6) is 0 Å². The molecule has 0 bridgehead atoms. The molecule has 0 amide bonds. The third-order valence-electron chi connectivity index (χ3n) is 3.29. The first-order valence-electron chi connectivity index (χ1n) is 6.28. The maximum absolute atomic E-state index is 11.7. The Balaban J connectivity index is 0.00000180. The topological polar surface area (TPSA) is 25.9 Å². The monoisotopic (exact) mass is 332 g/mol. The van der Waals surface area contributed by atoms with Gasteiger partial charge in [-0.3, -0.25) is 4.79 Å². The molecule has 0 fully saturated rings. The number of aryl methyl sites for hydroxylation is 1. The predicted octanol–water partition coefficient (Wildman–Crippen LogP) is 2.52. The summed E-state index contributed by atoms with van der Waals surface area (Å²) in [5.74, 6) is 0.255. The van der Waals surface area contributed by atoms with Gasteiger partial charge >= 0.3 is 0 Å². The molecule has 1 atom stereocenters. The summed E-state index contributed by atoms with van der Waals surface area (Å²) < 4.78 is 4.03. The fourth-order valence-electron chi connectivity index (χ4n) is 2.09. The Morgan fingerprint density at radius 3 is 2.53 bits per heavy atom. The zero-order chi connectivity index (χ0) is 13.1. The average molecular weight is 332 g/mol. The van der Waals surface area contributed by atoms with Gasteiger partial charge in [-0.2, -0.15) is 0 Å². The van der Waals surface area contributed by atoms with E-state index in [0.29, 0.717) is 6.42 Å². The number of ketones is 1. The Hall–Kier alpha value is -0.796. The minimum absolute atomic E-state index is 0. The van der Waals surface area contributed by atoms with Crippen molar-refractivity contribution >= 4 is 5.78 Å². The summed E-state index contributed by atoms with van der Waals surface area (Å²) in [7, 11) is 2.00. The Morgan fingerprint density at radius 1 is 1.32 bits per heavy atom. The first kappa shape index (κ1) is 16.3. The summed E-state index contributed by atoms with van der Waals surface area (Å²) >= 11 is 0. The number of benzene rings is 1. The average Bonchev–Trinajstić information content (AvgIpc) is 2.80. The second kappa shape index (κ2) is 7.11. The van der Waals surface area contributed by atoms with Gasteiger partial charge in [0.05, 0.1) is 7.05 Å². The molecule has 0 spiro atoms. The van der Waals surface area contributed by atoms with Gasteiger partial charge in [-0.1, -0.05) is 37.3 Å². The van der Waals surface area contributed by atoms with E-state index in [1.807, 2.05) is 56.2 Å². The van der Waals surface area contributed by atoms with Gasteiger partial charge in [0, 0.05) is 44.7 Å². The fourth-order valence-corrected chi connectivity index (χ4v) is 2.09. The molecule has 1 heterocycles. The van der Waals surface area contributed by atoms with Crippen LogP contribution >= 0.6 is 0 Å². The van der Waals surface area contributed by atoms with Gasteiger partial charge in [0.2, 0.25) is 6.33 Å². The summed E-state index contributed by atoms with van der Waals surface area (Å²) in [6, 6.07) is 10.1. The molecule has 4 heteroatoms. The number of rotatable bonds is 4. The van der Waals surface area contributed by atoms with E-state index >= 15 is 0 Å². The zero-order valence-electron chi connectivity index (χ0n) is 11.7. The second-order valence-corrected chi connectivity index (χ2v) is 4.55. The number of aromatic nitrogens is 2. The molecule has 1 radical (unpaired) electrons. The van der Waals surface area contributed by atoms with Crippen molar-refractivity contribution in [3.05, 3.63) is 42.9 Å². The van der Waals surface area contributed by atoms with E-state index in [-0.39, 0.29) is 44.5 Å². The van der Waals surface area contributed by atoms with Crippen molar-refractivity contribution in [3.63, 3.8) is 0 Å². The van der Waals surface area contributed by atoms with Crippen LogP contribution in [0.3, 0.4) is 0 Å². The molecule has 97 valence electrons. The molecule has 0 aliphatic carbocycles. The van der Waals surface area contributed by atoms with Gasteiger partial charge in [0.25, 0.3) is 0 Å². The van der Waals surface area contributed by atoms with Crippen LogP contribution in [0.1, 0.15) is 26.3 Å². The van der Waals surface area contributed by atoms with Crippen molar-refractivity contribution in [1.82, 2.24) is 4.57 Å². The van der Waals surface area contributed by atoms with Crippen LogP contribution in [-0.4, -0.2) is 10.4 Å². The Kier molecular flexibility index (Phi) is 6.09. The normalized spacial score (nSPS) is 11.7. The van der Waals surface area contributed by atoms with Crippen LogP contribution < -0.4 is 4.57 Å². The zero-order valence-corrected chi connectivity index (χ0v) is 14.5. The van der Waals surface area contributed by atoms with Crippen molar-refractivity contribution in [2.75, 3.05) is 0 Å². The van der Waals surface area contributed by atoms with Crippen LogP contribution in [0.2, 0.25) is 0 Å². The molecule has 1 aromatic carbocycles. The molecule has 0 aliphatic rings. The van der Waals surface area contributed by atoms with Crippen molar-refractivity contribution in [2.24, 2.45) is 7.05 Å². The van der Waals surface area contributed by atoms with Crippen LogP contribution in [0.15, 0.2) is 42.9 Å². The van der Waals surface area contributed by atoms with E-state index in [1.54, 1.807) is 0 Å². The molecule has 1 unspecified atom stereocenters. The van der Waals surface area contributed by atoms with Crippen molar-refractivity contribution in [1.29, 1.82) is 0 Å². The molecule has 1 aromatic heterocycles. The van der Waals surface area contributed by atoms with Crippen LogP contribution in [0.25, 0.3) is 11.3 Å². The van der Waals surface area contributed by atoms with Gasteiger partial charge in [-0.05, 0) is 6.92 Å². The first-order chi connectivity index (χ1) is 8.63. The largest absolute Gasteiger partial charge is 0.295 e. The number of hydrogen-bond acceptors (Lipinski definition) is 1. The first-order valence-corrected chi connectivity index (χ1v) is 6.28. The van der Waals surface area contributed by atoms with Crippen molar-refractivity contribution in [2.45, 2.75) is 26.3 Å². The molecule has 0 saturated heterocycles. The quantitative estimate of drug-likeness (QED) is 0.790. The third-order valence-corrected chi connectivity index (χ3v) is 3.29. The third kappa shape index (κ3) is 3.61. The summed E-state index contributed by atoms with van der Waals surface area (Å²) in [5, 5.41) is 0. The van der Waals surface area contributed by atoms with E-state index in [0.717, 1.165) is 11.3 Å². The minimum atomic E-state index is -0.0985. The smallest absolute Gasteiger partial charge is 0.244 e. The van der Waals surface area contributed by atoms with Crippen molar-refractivity contribution < 1.29 is 42.1 Å². The summed E-state index contributed by atoms with van der Waals surface area (Å²) in [5.41, 5.74) is 2.28. The predicted molar refractivity (Wildman–Crippen MR) is 71.1 cm³/mol. The van der Waals surface area contributed by atoms with Gasteiger partial charge in [0.1, 0.15) is 6.20 Å². The number of Topliss-reactive ketones (excluding diaryl/α,β-unsaturated/α-hetero) is 1. The van der Waals surface area contributed by atoms with Crippen LogP contribution in [0, 0.1) is 0 Å². The number of carbonyl (C=O) groups excluding carboxylic acids is 1. The molecular formula is C15H19N2OY+. The van der Waals surface area contributed by atoms with E-state index < -0.39 is 0 Å². The molecule has 3 nitrogen and oxygen atoms in total. The molecule has 0 aliphatic heterocycles. The molecule has 0 N–H and O–H groups in total. The van der Waals surface area contributed by atoms with E-state index in [9.17, 15) is 4.79 Å². The SMILES string of the molecule is CCC(=O)C(C)[n+]1cc(-c2ccccc2)n(C)c1.[Y]. The molecular weight excluding hydrogens is 313 g/mol. The second-order valence-electron chi connectivity index (χ2n) is 4.55. The minimum Gasteiger partial charge on any atom is -0.295 e. The number of nitrogens with zero attached hydrogens (tertiary/aromatic N) is 2.